The molecule has 1 aliphatic rings. The molecule has 1 aliphatic heterocycles. The first-order chi connectivity index (χ1) is 13.6. The van der Waals surface area contributed by atoms with E-state index in [1.54, 1.807) is 31.3 Å². The molecule has 1 amide bonds. The summed E-state index contributed by atoms with van der Waals surface area (Å²) in [6, 6.07) is 4.51. The number of amides is 1. The van der Waals surface area contributed by atoms with Crippen LogP contribution in [-0.4, -0.2) is 55.0 Å². The van der Waals surface area contributed by atoms with Gasteiger partial charge in [-0.15, -0.1) is 0 Å². The molecule has 0 saturated carbocycles. The lowest BCUT2D eigenvalue weighted by atomic mass is 10.0. The summed E-state index contributed by atoms with van der Waals surface area (Å²) >= 11 is 12.2. The highest BCUT2D eigenvalue weighted by Gasteiger charge is 2.36. The molecule has 1 saturated heterocycles. The van der Waals surface area contributed by atoms with Crippen molar-refractivity contribution in [3.63, 3.8) is 0 Å². The van der Waals surface area contributed by atoms with Crippen molar-refractivity contribution >= 4 is 41.7 Å². The Morgan fingerprint density at radius 2 is 1.90 bits per heavy atom. The van der Waals surface area contributed by atoms with Gasteiger partial charge in [-0.1, -0.05) is 29.3 Å². The molecule has 1 unspecified atom stereocenters. The van der Waals surface area contributed by atoms with Crippen LogP contribution in [0.15, 0.2) is 40.0 Å². The van der Waals surface area contributed by atoms with E-state index >= 15 is 0 Å². The van der Waals surface area contributed by atoms with E-state index in [1.165, 1.54) is 0 Å². The van der Waals surface area contributed by atoms with E-state index in [2.05, 4.69) is 22.0 Å². The molecule has 0 aromatic heterocycles. The van der Waals surface area contributed by atoms with Gasteiger partial charge in [0.05, 0.1) is 15.6 Å². The van der Waals surface area contributed by atoms with Crippen LogP contribution in [0.1, 0.15) is 37.0 Å². The van der Waals surface area contributed by atoms with Crippen molar-refractivity contribution in [3.8, 4) is 0 Å². The third-order valence-corrected chi connectivity index (χ3v) is 5.46. The summed E-state index contributed by atoms with van der Waals surface area (Å²) in [5, 5.41) is 3.31. The van der Waals surface area contributed by atoms with Crippen molar-refractivity contribution in [2.24, 2.45) is 9.98 Å². The molecule has 1 fully saturated rings. The first-order valence-electron chi connectivity index (χ1n) is 9.16. The highest BCUT2D eigenvalue weighted by Crippen LogP contribution is 2.30. The van der Waals surface area contributed by atoms with E-state index in [0.29, 0.717) is 5.84 Å². The zero-order valence-electron chi connectivity index (χ0n) is 16.4. The van der Waals surface area contributed by atoms with E-state index < -0.39 is 11.8 Å². The number of likely N-dealkylation sites (tertiary alicyclic amines) is 1. The van der Waals surface area contributed by atoms with Crippen LogP contribution in [0.3, 0.4) is 0 Å². The molecule has 0 aliphatic carbocycles. The maximum atomic E-state index is 13.6. The van der Waals surface area contributed by atoms with Gasteiger partial charge in [0, 0.05) is 44.7 Å². The summed E-state index contributed by atoms with van der Waals surface area (Å²) in [7, 11) is 0. The van der Waals surface area contributed by atoms with Crippen LogP contribution in [0.5, 0.6) is 0 Å². The number of hydrogen-bond donors (Lipinski definition) is 1. The highest BCUT2D eigenvalue weighted by molar-refractivity contribution is 6.39. The van der Waals surface area contributed by atoms with Gasteiger partial charge in [0.1, 0.15) is 5.84 Å². The molecule has 1 N–H and O–H groups in total. The van der Waals surface area contributed by atoms with Crippen molar-refractivity contribution in [2.75, 3.05) is 19.6 Å². The first kappa shape index (κ1) is 23.4. The second-order valence-electron chi connectivity index (χ2n) is 6.92. The minimum atomic E-state index is -2.66. The smallest absolute Gasteiger partial charge is 0.254 e. The zero-order chi connectivity index (χ0) is 21.6. The predicted octanol–water partition coefficient (Wildman–Crippen LogP) is 4.85. The Morgan fingerprint density at radius 3 is 2.45 bits per heavy atom. The Labute approximate surface area is 179 Å². The second-order valence-corrected chi connectivity index (χ2v) is 7.74. The molecule has 2 rings (SSSR count). The van der Waals surface area contributed by atoms with Gasteiger partial charge < -0.3 is 5.32 Å². The molecule has 1 atom stereocenters. The monoisotopic (exact) mass is 444 g/mol. The molecule has 1 aromatic rings. The van der Waals surface area contributed by atoms with Gasteiger partial charge in [-0.05, 0) is 38.3 Å². The molecular formula is C20H24Cl2F2N4O. The Bertz CT molecular complexity index is 796. The molecule has 158 valence electrons. The molecule has 0 radical (unpaired) electrons. The molecule has 1 aromatic carbocycles. The third kappa shape index (κ3) is 6.59. The van der Waals surface area contributed by atoms with Crippen molar-refractivity contribution in [1.82, 2.24) is 10.2 Å². The number of aliphatic imine (C=N–C) groups is 2. The fourth-order valence-electron chi connectivity index (χ4n) is 3.06. The van der Waals surface area contributed by atoms with Gasteiger partial charge >= 0.3 is 0 Å². The summed E-state index contributed by atoms with van der Waals surface area (Å²) in [4.78, 5) is 22.5. The maximum Gasteiger partial charge on any atom is 0.254 e. The maximum absolute atomic E-state index is 13.6. The Kier molecular flexibility index (Phi) is 8.31. The average molecular weight is 445 g/mol. The van der Waals surface area contributed by atoms with Crippen LogP contribution < -0.4 is 5.32 Å². The second kappa shape index (κ2) is 10.3. The lowest BCUT2D eigenvalue weighted by Crippen LogP contribution is -2.50. The average Bonchev–Trinajstić information content (AvgIpc) is 2.67. The lowest BCUT2D eigenvalue weighted by molar-refractivity contribution is -0.0602. The Morgan fingerprint density at radius 1 is 1.31 bits per heavy atom. The Balaban J connectivity index is 2.19. The third-order valence-electron chi connectivity index (χ3n) is 4.83. The van der Waals surface area contributed by atoms with Gasteiger partial charge in [0.2, 0.25) is 0 Å². The van der Waals surface area contributed by atoms with Crippen molar-refractivity contribution in [2.45, 2.75) is 38.7 Å². The molecule has 1 heterocycles. The summed E-state index contributed by atoms with van der Waals surface area (Å²) in [5.74, 6) is -2.59. The van der Waals surface area contributed by atoms with Gasteiger partial charge in [0.15, 0.2) is 0 Å². The number of amidine groups is 1. The van der Waals surface area contributed by atoms with E-state index in [-0.39, 0.29) is 54.1 Å². The predicted molar refractivity (Wildman–Crippen MR) is 115 cm³/mol. The molecule has 29 heavy (non-hydrogen) atoms. The standard InChI is InChI=1S/C20H24Cl2F2N4O/c1-13(11-26-14(2)25-3)17(28-9-7-20(23,24)8-10-28)12-27-19(29)18-15(21)5-4-6-16(18)22/h4-6,11,17H,3,7-10,12H2,1-2H3,(H,27,29)/b13-11+,26-14?. The van der Waals surface area contributed by atoms with Crippen LogP contribution in [0.2, 0.25) is 10.0 Å². The molecule has 5 nitrogen and oxygen atoms in total. The summed E-state index contributed by atoms with van der Waals surface area (Å²) < 4.78 is 27.2. The number of benzene rings is 1. The number of piperidine rings is 1. The lowest BCUT2D eigenvalue weighted by Gasteiger charge is -2.38. The van der Waals surface area contributed by atoms with Crippen LogP contribution >= 0.6 is 23.2 Å². The first-order valence-corrected chi connectivity index (χ1v) is 9.92. The fraction of sp³-hybridized carbons (Fsp3) is 0.450. The highest BCUT2D eigenvalue weighted by atomic mass is 35.5. The quantitative estimate of drug-likeness (QED) is 0.503. The minimum absolute atomic E-state index is 0.186. The summed E-state index contributed by atoms with van der Waals surface area (Å²) in [6.45, 7) is 7.59. The number of nitrogens with one attached hydrogen (secondary N) is 1. The van der Waals surface area contributed by atoms with Gasteiger partial charge in [-0.3, -0.25) is 9.69 Å². The molecule has 0 spiro atoms. The van der Waals surface area contributed by atoms with E-state index in [9.17, 15) is 13.6 Å². The number of carbonyl (C=O) groups excluding carboxylic acids is 1. The van der Waals surface area contributed by atoms with Crippen molar-refractivity contribution in [1.29, 1.82) is 0 Å². The zero-order valence-corrected chi connectivity index (χ0v) is 17.9. The number of carbonyl (C=O) groups is 1. The topological polar surface area (TPSA) is 57.1 Å². The van der Waals surface area contributed by atoms with Crippen LogP contribution in [0.4, 0.5) is 8.78 Å². The number of halogens is 4. The molecule has 9 heteroatoms. The molecular weight excluding hydrogens is 421 g/mol. The molecule has 0 bridgehead atoms. The van der Waals surface area contributed by atoms with Gasteiger partial charge in [-0.2, -0.15) is 0 Å². The van der Waals surface area contributed by atoms with E-state index in [4.69, 9.17) is 23.2 Å². The normalized spacial score (nSPS) is 19.0. The largest absolute Gasteiger partial charge is 0.350 e. The number of hydrogen-bond acceptors (Lipinski definition) is 3. The minimum Gasteiger partial charge on any atom is -0.350 e. The van der Waals surface area contributed by atoms with Crippen LogP contribution in [-0.2, 0) is 0 Å². The van der Waals surface area contributed by atoms with Gasteiger partial charge in [0.25, 0.3) is 11.8 Å². The van der Waals surface area contributed by atoms with Gasteiger partial charge in [-0.25, -0.2) is 18.8 Å². The number of alkyl halides is 2. The van der Waals surface area contributed by atoms with E-state index in [0.717, 1.165) is 5.57 Å². The fourth-order valence-corrected chi connectivity index (χ4v) is 3.62. The summed E-state index contributed by atoms with van der Waals surface area (Å²) in [5.41, 5.74) is 0.995. The SMILES string of the molecule is C=NC(C)=N/C=C(\C)C(CNC(=O)c1c(Cl)cccc1Cl)N1CCC(F)(F)CC1. The van der Waals surface area contributed by atoms with Crippen molar-refractivity contribution in [3.05, 3.63) is 45.6 Å². The summed E-state index contributed by atoms with van der Waals surface area (Å²) in [6.07, 6.45) is 1.17. The van der Waals surface area contributed by atoms with Crippen LogP contribution in [0.25, 0.3) is 0 Å². The number of rotatable bonds is 6. The number of nitrogens with zero attached hydrogens (tertiary/aromatic N) is 3. The Hall–Kier alpha value is -1.83. The van der Waals surface area contributed by atoms with Crippen LogP contribution in [0, 0.1) is 0 Å². The van der Waals surface area contributed by atoms with E-state index in [1.807, 2.05) is 11.8 Å². The van der Waals surface area contributed by atoms with Crippen molar-refractivity contribution < 1.29 is 13.6 Å².